The van der Waals surface area contributed by atoms with Crippen molar-refractivity contribution in [3.8, 4) is 5.75 Å². The number of hydrazone groups is 1. The van der Waals surface area contributed by atoms with E-state index in [0.29, 0.717) is 10.0 Å². The maximum Gasteiger partial charge on any atom is 0.215 e. The Hall–Kier alpha value is -2.53. The first-order valence-corrected chi connectivity index (χ1v) is 11.9. The molecule has 3 nitrogen and oxygen atoms in total. The van der Waals surface area contributed by atoms with Gasteiger partial charge in [0.2, 0.25) is 6.23 Å². The summed E-state index contributed by atoms with van der Waals surface area (Å²) in [6.45, 7) is 0. The highest BCUT2D eigenvalue weighted by atomic mass is 79.9. The number of fused-ring (bicyclic) bond motifs is 4. The van der Waals surface area contributed by atoms with Gasteiger partial charge in [-0.2, -0.15) is 5.10 Å². The van der Waals surface area contributed by atoms with Crippen molar-refractivity contribution in [3.05, 3.63) is 110 Å². The highest BCUT2D eigenvalue weighted by Crippen LogP contribution is 2.49. The summed E-state index contributed by atoms with van der Waals surface area (Å²) in [5.41, 5.74) is 4.11. The molecule has 0 aromatic heterocycles. The third-order valence-electron chi connectivity index (χ3n) is 6.06. The van der Waals surface area contributed by atoms with Gasteiger partial charge in [-0.3, -0.25) is 0 Å². The zero-order valence-electron chi connectivity index (χ0n) is 16.8. The molecule has 4 aromatic rings. The first kappa shape index (κ1) is 20.1. The Morgan fingerprint density at radius 2 is 1.72 bits per heavy atom. The molecule has 2 aliphatic rings. The van der Waals surface area contributed by atoms with Gasteiger partial charge in [0.1, 0.15) is 5.75 Å². The minimum Gasteiger partial charge on any atom is -0.464 e. The summed E-state index contributed by atoms with van der Waals surface area (Å²) >= 11 is 16.3. The molecule has 0 spiro atoms. The number of ether oxygens (including phenoxy) is 1. The number of rotatable bonds is 2. The predicted octanol–water partition coefficient (Wildman–Crippen LogP) is 8.15. The smallest absolute Gasteiger partial charge is 0.215 e. The molecule has 0 saturated carbocycles. The topological polar surface area (TPSA) is 24.8 Å². The van der Waals surface area contributed by atoms with Crippen LogP contribution in [0.5, 0.6) is 5.75 Å². The Bertz CT molecular complexity index is 1400. The number of halogens is 3. The second-order valence-electron chi connectivity index (χ2n) is 8.03. The molecule has 0 fully saturated rings. The van der Waals surface area contributed by atoms with Crippen molar-refractivity contribution in [1.82, 2.24) is 5.01 Å². The fourth-order valence-corrected chi connectivity index (χ4v) is 5.39. The lowest BCUT2D eigenvalue weighted by Gasteiger charge is -2.38. The summed E-state index contributed by atoms with van der Waals surface area (Å²) < 4.78 is 7.45. The minimum atomic E-state index is -0.434. The Balaban J connectivity index is 1.47. The third-order valence-corrected chi connectivity index (χ3v) is 7.12. The molecule has 6 heteroatoms. The van der Waals surface area contributed by atoms with Crippen molar-refractivity contribution in [3.63, 3.8) is 0 Å². The van der Waals surface area contributed by atoms with Crippen LogP contribution in [0.15, 0.2) is 88.4 Å². The van der Waals surface area contributed by atoms with Crippen molar-refractivity contribution in [2.45, 2.75) is 18.7 Å². The molecule has 0 unspecified atom stereocenters. The molecule has 0 amide bonds. The molecule has 32 heavy (non-hydrogen) atoms. The highest BCUT2D eigenvalue weighted by molar-refractivity contribution is 9.10. The van der Waals surface area contributed by atoms with Gasteiger partial charge in [-0.05, 0) is 52.7 Å². The number of benzene rings is 4. The number of hydrogen-bond donors (Lipinski definition) is 0. The fraction of sp³-hybridized carbons (Fsp3) is 0.115. The van der Waals surface area contributed by atoms with Gasteiger partial charge in [-0.1, -0.05) is 81.6 Å². The van der Waals surface area contributed by atoms with Crippen LogP contribution in [0.4, 0.5) is 0 Å². The van der Waals surface area contributed by atoms with E-state index in [-0.39, 0.29) is 6.04 Å². The molecule has 2 aliphatic heterocycles. The van der Waals surface area contributed by atoms with Crippen LogP contribution in [0.1, 0.15) is 35.4 Å². The third kappa shape index (κ3) is 3.38. The van der Waals surface area contributed by atoms with Crippen molar-refractivity contribution in [2.24, 2.45) is 5.10 Å². The van der Waals surface area contributed by atoms with Crippen molar-refractivity contribution >= 4 is 55.6 Å². The molecule has 0 bridgehead atoms. The van der Waals surface area contributed by atoms with E-state index in [9.17, 15) is 0 Å². The van der Waals surface area contributed by atoms with Gasteiger partial charge in [0.15, 0.2) is 0 Å². The summed E-state index contributed by atoms with van der Waals surface area (Å²) in [5, 5.41) is 10.7. The molecular weight excluding hydrogens is 507 g/mol. The van der Waals surface area contributed by atoms with Crippen LogP contribution in [0.25, 0.3) is 10.8 Å². The van der Waals surface area contributed by atoms with Crippen LogP contribution in [0.3, 0.4) is 0 Å². The van der Waals surface area contributed by atoms with Gasteiger partial charge in [0.05, 0.1) is 16.8 Å². The summed E-state index contributed by atoms with van der Waals surface area (Å²) in [4.78, 5) is 0. The van der Waals surface area contributed by atoms with Gasteiger partial charge >= 0.3 is 0 Å². The van der Waals surface area contributed by atoms with E-state index >= 15 is 0 Å². The lowest BCUT2D eigenvalue weighted by atomic mass is 9.95. The Morgan fingerprint density at radius 3 is 2.56 bits per heavy atom. The maximum atomic E-state index is 6.58. The van der Waals surface area contributed by atoms with E-state index in [0.717, 1.165) is 39.0 Å². The van der Waals surface area contributed by atoms with E-state index in [1.54, 1.807) is 6.07 Å². The van der Waals surface area contributed by atoms with Gasteiger partial charge in [0, 0.05) is 27.0 Å². The van der Waals surface area contributed by atoms with Gasteiger partial charge in [0.25, 0.3) is 0 Å². The van der Waals surface area contributed by atoms with Crippen molar-refractivity contribution in [1.29, 1.82) is 0 Å². The number of hydrogen-bond acceptors (Lipinski definition) is 3. The van der Waals surface area contributed by atoms with Crippen LogP contribution < -0.4 is 4.74 Å². The average Bonchev–Trinajstić information content (AvgIpc) is 3.25. The molecule has 0 saturated heterocycles. The van der Waals surface area contributed by atoms with Crippen LogP contribution in [0.2, 0.25) is 10.0 Å². The summed E-state index contributed by atoms with van der Waals surface area (Å²) in [6, 6.07) is 26.5. The largest absolute Gasteiger partial charge is 0.464 e. The lowest BCUT2D eigenvalue weighted by Crippen LogP contribution is -2.33. The molecular formula is C26H17BrCl2N2O. The molecule has 6 rings (SSSR count). The van der Waals surface area contributed by atoms with Crippen LogP contribution >= 0.6 is 39.1 Å². The van der Waals surface area contributed by atoms with E-state index < -0.39 is 6.23 Å². The average molecular weight is 524 g/mol. The fourth-order valence-electron chi connectivity index (χ4n) is 4.51. The molecule has 0 aliphatic carbocycles. The van der Waals surface area contributed by atoms with Gasteiger partial charge in [-0.25, -0.2) is 5.01 Å². The SMILES string of the molecule is Clc1ccc([C@@H]2Oc3ccc(Br)cc3[C@H]3CC(c4ccc5ccccc5c4)=NN32)c(Cl)c1. The molecule has 2 atom stereocenters. The van der Waals surface area contributed by atoms with E-state index in [2.05, 4.69) is 64.5 Å². The molecule has 158 valence electrons. The van der Waals surface area contributed by atoms with Crippen LogP contribution in [0, 0.1) is 0 Å². The molecule has 4 aromatic carbocycles. The van der Waals surface area contributed by atoms with E-state index in [1.165, 1.54) is 10.8 Å². The Morgan fingerprint density at radius 1 is 0.875 bits per heavy atom. The standard InChI is InChI=1S/C26H17BrCl2N2O/c27-18-7-10-25-21(12-18)24-14-23(17-6-5-15-3-1-2-4-16(15)11-17)30-31(24)26(32-25)20-9-8-19(28)13-22(20)29/h1-13,24,26H,14H2/t24-,26+/m1/s1. The predicted molar refractivity (Wildman–Crippen MR) is 134 cm³/mol. The zero-order chi connectivity index (χ0) is 21.8. The summed E-state index contributed by atoms with van der Waals surface area (Å²) in [5.74, 6) is 0.848. The Kier molecular flexibility index (Phi) is 4.90. The van der Waals surface area contributed by atoms with Crippen LogP contribution in [-0.2, 0) is 0 Å². The van der Waals surface area contributed by atoms with Crippen molar-refractivity contribution < 1.29 is 4.74 Å². The Labute approximate surface area is 204 Å². The minimum absolute atomic E-state index is 0.0504. The quantitative estimate of drug-likeness (QED) is 0.265. The second-order valence-corrected chi connectivity index (χ2v) is 9.79. The summed E-state index contributed by atoms with van der Waals surface area (Å²) in [7, 11) is 0. The van der Waals surface area contributed by atoms with Gasteiger partial charge in [-0.15, -0.1) is 0 Å². The van der Waals surface area contributed by atoms with E-state index in [4.69, 9.17) is 33.0 Å². The molecule has 0 N–H and O–H groups in total. The van der Waals surface area contributed by atoms with Gasteiger partial charge < -0.3 is 4.74 Å². The van der Waals surface area contributed by atoms with E-state index in [1.807, 2.05) is 29.3 Å². The molecule has 0 radical (unpaired) electrons. The van der Waals surface area contributed by atoms with Crippen LogP contribution in [-0.4, -0.2) is 10.7 Å². The lowest BCUT2D eigenvalue weighted by molar-refractivity contribution is -0.0190. The normalized spacial score (nSPS) is 19.3. The number of nitrogens with zero attached hydrogens (tertiary/aromatic N) is 2. The highest BCUT2D eigenvalue weighted by Gasteiger charge is 2.41. The monoisotopic (exact) mass is 522 g/mol. The second kappa shape index (κ2) is 7.80. The van der Waals surface area contributed by atoms with Crippen molar-refractivity contribution in [2.75, 3.05) is 0 Å². The first-order chi connectivity index (χ1) is 15.6. The molecule has 2 heterocycles. The first-order valence-electron chi connectivity index (χ1n) is 10.3. The maximum absolute atomic E-state index is 6.58. The summed E-state index contributed by atoms with van der Waals surface area (Å²) in [6.07, 6.45) is 0.351. The zero-order valence-corrected chi connectivity index (χ0v) is 19.9.